The second kappa shape index (κ2) is 7.37. The molecule has 0 saturated carbocycles. The van der Waals surface area contributed by atoms with E-state index >= 15 is 0 Å². The fraction of sp³-hybridized carbons (Fsp3) is 0.350. The number of nitrogens with one attached hydrogen (secondary N) is 1. The van der Waals surface area contributed by atoms with Crippen LogP contribution in [0.15, 0.2) is 35.7 Å². The number of carbonyl (C=O) groups is 3. The molecule has 2 aromatic rings. The van der Waals surface area contributed by atoms with Crippen molar-refractivity contribution in [3.8, 4) is 0 Å². The van der Waals surface area contributed by atoms with Crippen molar-refractivity contribution in [2.24, 2.45) is 0 Å². The zero-order valence-corrected chi connectivity index (χ0v) is 16.2. The molecule has 1 aromatic heterocycles. The fourth-order valence-electron chi connectivity index (χ4n) is 3.80. The van der Waals surface area contributed by atoms with Crippen LogP contribution < -0.4 is 10.2 Å². The Morgan fingerprint density at radius 2 is 1.96 bits per heavy atom. The van der Waals surface area contributed by atoms with Crippen molar-refractivity contribution in [2.45, 2.75) is 25.4 Å². The molecule has 2 saturated heterocycles. The average Bonchev–Trinajstić information content (AvgIpc) is 3.25. The van der Waals surface area contributed by atoms with Gasteiger partial charge in [-0.2, -0.15) is 0 Å². The molecule has 2 N–H and O–H groups in total. The Morgan fingerprint density at radius 3 is 2.54 bits per heavy atom. The molecule has 1 aromatic carbocycles. The first-order chi connectivity index (χ1) is 13.4. The third-order valence-electron chi connectivity index (χ3n) is 5.33. The summed E-state index contributed by atoms with van der Waals surface area (Å²) in [4.78, 5) is 40.1. The van der Waals surface area contributed by atoms with Crippen LogP contribution in [-0.4, -0.2) is 53.6 Å². The number of hydrogen-bond donors (Lipinski definition) is 2. The van der Waals surface area contributed by atoms with Gasteiger partial charge in [0, 0.05) is 35.1 Å². The van der Waals surface area contributed by atoms with Gasteiger partial charge >= 0.3 is 6.03 Å². The number of anilines is 1. The lowest BCUT2D eigenvalue weighted by molar-refractivity contribution is -0.117. The predicted octanol–water partition coefficient (Wildman–Crippen LogP) is 2.10. The van der Waals surface area contributed by atoms with Gasteiger partial charge in [0.2, 0.25) is 5.91 Å². The van der Waals surface area contributed by atoms with E-state index in [2.05, 4.69) is 11.4 Å². The minimum absolute atomic E-state index is 0.0199. The van der Waals surface area contributed by atoms with Crippen molar-refractivity contribution in [2.75, 3.05) is 24.5 Å². The van der Waals surface area contributed by atoms with Crippen LogP contribution in [0.2, 0.25) is 0 Å². The minimum Gasteiger partial charge on any atom is -0.391 e. The number of β-amino-alcohol motifs (C(OH)–C–C–N with tert-alkyl or cyclic N) is 1. The SMILES string of the molecule is Cc1ccsc1[C@@H]1CCN(C(=O)c2ccc(N3CC(=O)NC3=O)cc2)C[C@H]1O. The van der Waals surface area contributed by atoms with Crippen molar-refractivity contribution in [1.82, 2.24) is 10.2 Å². The van der Waals surface area contributed by atoms with Gasteiger partial charge in [0.05, 0.1) is 6.10 Å². The van der Waals surface area contributed by atoms with E-state index < -0.39 is 12.1 Å². The maximum absolute atomic E-state index is 12.8. The van der Waals surface area contributed by atoms with Crippen molar-refractivity contribution in [3.05, 3.63) is 51.7 Å². The van der Waals surface area contributed by atoms with E-state index in [1.807, 2.05) is 12.3 Å². The molecule has 3 heterocycles. The standard InChI is InChI=1S/C20H21N3O4S/c1-12-7-9-28-18(12)15-6-8-22(10-16(15)24)19(26)13-2-4-14(5-3-13)23-11-17(25)21-20(23)27/h2-5,7,9,15-16,24H,6,8,10-11H2,1H3,(H,21,25,27)/t15-,16-/m1/s1. The normalized spacial score (nSPS) is 22.5. The molecule has 146 valence electrons. The summed E-state index contributed by atoms with van der Waals surface area (Å²) in [6.07, 6.45) is 0.135. The average molecular weight is 399 g/mol. The number of carbonyl (C=O) groups excluding carboxylic acids is 3. The lowest BCUT2D eigenvalue weighted by Gasteiger charge is -2.36. The van der Waals surface area contributed by atoms with Crippen LogP contribution >= 0.6 is 11.3 Å². The zero-order chi connectivity index (χ0) is 19.8. The van der Waals surface area contributed by atoms with Crippen LogP contribution in [0.1, 0.15) is 33.1 Å². The van der Waals surface area contributed by atoms with E-state index in [9.17, 15) is 19.5 Å². The molecule has 0 aliphatic carbocycles. The number of rotatable bonds is 3. The first kappa shape index (κ1) is 18.6. The van der Waals surface area contributed by atoms with E-state index in [0.29, 0.717) is 24.3 Å². The Labute approximate surface area is 166 Å². The Morgan fingerprint density at radius 1 is 1.21 bits per heavy atom. The van der Waals surface area contributed by atoms with Gasteiger partial charge in [-0.3, -0.25) is 19.8 Å². The van der Waals surface area contributed by atoms with Crippen LogP contribution in [0.3, 0.4) is 0 Å². The van der Waals surface area contributed by atoms with Gasteiger partial charge in [-0.05, 0) is 54.6 Å². The molecule has 0 unspecified atom stereocenters. The lowest BCUT2D eigenvalue weighted by atomic mass is 9.90. The highest BCUT2D eigenvalue weighted by molar-refractivity contribution is 7.10. The number of thiophene rings is 1. The van der Waals surface area contributed by atoms with Crippen molar-refractivity contribution in [3.63, 3.8) is 0 Å². The number of imide groups is 1. The Hall–Kier alpha value is -2.71. The number of aliphatic hydroxyl groups is 1. The van der Waals surface area contributed by atoms with Crippen molar-refractivity contribution >= 4 is 34.9 Å². The summed E-state index contributed by atoms with van der Waals surface area (Å²) in [5.41, 5.74) is 2.24. The Kier molecular flexibility index (Phi) is 4.91. The lowest BCUT2D eigenvalue weighted by Crippen LogP contribution is -2.45. The monoisotopic (exact) mass is 399 g/mol. The predicted molar refractivity (Wildman–Crippen MR) is 106 cm³/mol. The molecular formula is C20H21N3O4S. The Balaban J connectivity index is 1.43. The maximum atomic E-state index is 12.8. The van der Waals surface area contributed by atoms with Crippen LogP contribution in [0, 0.1) is 6.92 Å². The number of aryl methyl sites for hydroxylation is 1. The maximum Gasteiger partial charge on any atom is 0.329 e. The summed E-state index contributed by atoms with van der Waals surface area (Å²) in [7, 11) is 0. The van der Waals surface area contributed by atoms with E-state index in [1.165, 1.54) is 15.3 Å². The van der Waals surface area contributed by atoms with E-state index in [1.54, 1.807) is 40.5 Å². The smallest absolute Gasteiger partial charge is 0.329 e. The number of aliphatic hydroxyl groups excluding tert-OH is 1. The molecule has 0 bridgehead atoms. The molecule has 7 nitrogen and oxygen atoms in total. The summed E-state index contributed by atoms with van der Waals surface area (Å²) in [6.45, 7) is 2.91. The summed E-state index contributed by atoms with van der Waals surface area (Å²) >= 11 is 1.66. The first-order valence-electron chi connectivity index (χ1n) is 9.17. The molecule has 2 aliphatic heterocycles. The topological polar surface area (TPSA) is 90.0 Å². The number of benzene rings is 1. The van der Waals surface area contributed by atoms with E-state index in [-0.39, 0.29) is 24.3 Å². The zero-order valence-electron chi connectivity index (χ0n) is 15.4. The summed E-state index contributed by atoms with van der Waals surface area (Å²) in [5, 5.41) is 14.9. The van der Waals surface area contributed by atoms with Crippen LogP contribution in [0.5, 0.6) is 0 Å². The second-order valence-corrected chi connectivity index (χ2v) is 8.12. The van der Waals surface area contributed by atoms with Crippen LogP contribution in [0.4, 0.5) is 10.5 Å². The molecule has 0 radical (unpaired) electrons. The van der Waals surface area contributed by atoms with Gasteiger partial charge in [0.15, 0.2) is 0 Å². The Bertz CT molecular complexity index is 924. The van der Waals surface area contributed by atoms with Gasteiger partial charge < -0.3 is 10.0 Å². The molecule has 2 fully saturated rings. The molecule has 0 spiro atoms. The summed E-state index contributed by atoms with van der Waals surface area (Å²) in [5.74, 6) is -0.422. The number of nitrogens with zero attached hydrogens (tertiary/aromatic N) is 2. The van der Waals surface area contributed by atoms with Gasteiger partial charge in [0.1, 0.15) is 6.54 Å². The van der Waals surface area contributed by atoms with Gasteiger partial charge in [-0.15, -0.1) is 11.3 Å². The van der Waals surface area contributed by atoms with Gasteiger partial charge in [-0.25, -0.2) is 4.79 Å². The van der Waals surface area contributed by atoms with Crippen molar-refractivity contribution < 1.29 is 19.5 Å². The second-order valence-electron chi connectivity index (χ2n) is 7.17. The van der Waals surface area contributed by atoms with E-state index in [0.717, 1.165) is 6.42 Å². The van der Waals surface area contributed by atoms with E-state index in [4.69, 9.17) is 0 Å². The first-order valence-corrected chi connectivity index (χ1v) is 10.0. The number of piperidine rings is 1. The molecular weight excluding hydrogens is 378 g/mol. The highest BCUT2D eigenvalue weighted by Gasteiger charge is 2.33. The molecule has 4 amide bonds. The van der Waals surface area contributed by atoms with Gasteiger partial charge in [0.25, 0.3) is 5.91 Å². The van der Waals surface area contributed by atoms with Crippen LogP contribution in [0.25, 0.3) is 0 Å². The number of urea groups is 1. The minimum atomic E-state index is -0.589. The van der Waals surface area contributed by atoms with Crippen molar-refractivity contribution in [1.29, 1.82) is 0 Å². The largest absolute Gasteiger partial charge is 0.391 e. The third kappa shape index (κ3) is 3.41. The third-order valence-corrected chi connectivity index (χ3v) is 6.48. The number of hydrogen-bond acceptors (Lipinski definition) is 5. The summed E-state index contributed by atoms with van der Waals surface area (Å²) < 4.78 is 0. The molecule has 2 atom stereocenters. The quantitative estimate of drug-likeness (QED) is 0.774. The van der Waals surface area contributed by atoms with Crippen LogP contribution in [-0.2, 0) is 4.79 Å². The summed E-state index contributed by atoms with van der Waals surface area (Å²) in [6, 6.07) is 8.21. The highest BCUT2D eigenvalue weighted by Crippen LogP contribution is 2.34. The molecule has 2 aliphatic rings. The molecule has 28 heavy (non-hydrogen) atoms. The van der Waals surface area contributed by atoms with Gasteiger partial charge in [-0.1, -0.05) is 0 Å². The number of likely N-dealkylation sites (tertiary alicyclic amines) is 1. The fourth-order valence-corrected chi connectivity index (χ4v) is 4.93. The molecule has 4 rings (SSSR count). The highest BCUT2D eigenvalue weighted by atomic mass is 32.1. The molecule has 8 heteroatoms. The number of amides is 4.